The summed E-state index contributed by atoms with van der Waals surface area (Å²) >= 11 is 1.59. The summed E-state index contributed by atoms with van der Waals surface area (Å²) in [5.41, 5.74) is 3.95. The molecule has 0 aromatic carbocycles. The largest absolute Gasteiger partial charge is 0.293 e. The third kappa shape index (κ3) is 2.30. The van der Waals surface area contributed by atoms with Crippen LogP contribution in [0.2, 0.25) is 0 Å². The van der Waals surface area contributed by atoms with E-state index in [1.54, 1.807) is 11.3 Å². The van der Waals surface area contributed by atoms with Gasteiger partial charge in [0.25, 0.3) is 5.91 Å². The van der Waals surface area contributed by atoms with Gasteiger partial charge in [0, 0.05) is 23.7 Å². The smallest absolute Gasteiger partial charge is 0.280 e. The number of hydrogen-bond acceptors (Lipinski definition) is 5. The molecule has 1 unspecified atom stereocenters. The average Bonchev–Trinajstić information content (AvgIpc) is 3.09. The van der Waals surface area contributed by atoms with E-state index >= 15 is 0 Å². The number of aliphatic imine (C=N–C) groups is 2. The number of fused-ring (bicyclic) bond motifs is 2. The van der Waals surface area contributed by atoms with Gasteiger partial charge in [-0.1, -0.05) is 12.2 Å². The van der Waals surface area contributed by atoms with Gasteiger partial charge in [-0.15, -0.1) is 11.3 Å². The van der Waals surface area contributed by atoms with Gasteiger partial charge in [-0.25, -0.2) is 9.98 Å². The van der Waals surface area contributed by atoms with Crippen LogP contribution in [-0.4, -0.2) is 37.1 Å². The van der Waals surface area contributed by atoms with Crippen LogP contribution in [0.4, 0.5) is 0 Å². The second-order valence-corrected chi connectivity index (χ2v) is 7.72. The van der Waals surface area contributed by atoms with Crippen LogP contribution in [0.1, 0.15) is 30.5 Å². The highest BCUT2D eigenvalue weighted by molar-refractivity contribution is 7.15. The second kappa shape index (κ2) is 5.43. The molecule has 3 aromatic heterocycles. The first kappa shape index (κ1) is 15.0. The van der Waals surface area contributed by atoms with E-state index in [0.717, 1.165) is 22.0 Å². The fourth-order valence-electron chi connectivity index (χ4n) is 3.60. The minimum absolute atomic E-state index is 0.0955. The SMILES string of the molecule is O=C1N=CN=C2C=CC(c3c(-c4ccn(C5CC5)n4)nc4sccn34)C=C12. The van der Waals surface area contributed by atoms with Crippen LogP contribution in [0.3, 0.4) is 0 Å². The quantitative estimate of drug-likeness (QED) is 0.706. The zero-order valence-electron chi connectivity index (χ0n) is 14.2. The van der Waals surface area contributed by atoms with Crippen molar-refractivity contribution >= 4 is 34.3 Å². The lowest BCUT2D eigenvalue weighted by Gasteiger charge is -2.17. The van der Waals surface area contributed by atoms with Crippen LogP contribution in [0.25, 0.3) is 16.3 Å². The molecule has 6 rings (SSSR count). The van der Waals surface area contributed by atoms with E-state index in [2.05, 4.69) is 20.5 Å². The number of hydrogen-bond donors (Lipinski definition) is 0. The van der Waals surface area contributed by atoms with Crippen molar-refractivity contribution in [1.29, 1.82) is 0 Å². The van der Waals surface area contributed by atoms with E-state index in [-0.39, 0.29) is 11.8 Å². The van der Waals surface area contributed by atoms with Crippen molar-refractivity contribution in [3.8, 4) is 11.4 Å². The topological polar surface area (TPSA) is 76.9 Å². The molecule has 4 heterocycles. The molecule has 3 aliphatic rings. The molecule has 0 spiro atoms. The number of carbonyl (C=O) groups is 1. The molecule has 0 radical (unpaired) electrons. The molecule has 132 valence electrons. The summed E-state index contributed by atoms with van der Waals surface area (Å²) < 4.78 is 4.12. The minimum Gasteiger partial charge on any atom is -0.293 e. The van der Waals surface area contributed by atoms with E-state index in [1.165, 1.54) is 19.2 Å². The van der Waals surface area contributed by atoms with Gasteiger partial charge in [0.2, 0.25) is 0 Å². The highest BCUT2D eigenvalue weighted by Crippen LogP contribution is 2.38. The molecule has 8 heteroatoms. The average molecular weight is 374 g/mol. The highest BCUT2D eigenvalue weighted by Gasteiger charge is 2.29. The summed E-state index contributed by atoms with van der Waals surface area (Å²) in [5, 5.41) is 6.77. The maximum Gasteiger partial charge on any atom is 0.280 e. The summed E-state index contributed by atoms with van der Waals surface area (Å²) in [7, 11) is 0. The standard InChI is InChI=1S/C19H14N6OS/c26-18-13-9-11(1-4-14(13)20-10-21-18)17-16(22-19-24(17)7-8-27-19)15-5-6-25(23-15)12-2-3-12/h1,4-12H,2-3H2. The summed E-state index contributed by atoms with van der Waals surface area (Å²) in [6.07, 6.45) is 13.6. The number of imidazole rings is 1. The molecule has 1 amide bonds. The molecule has 1 saturated carbocycles. The fraction of sp³-hybridized carbons (Fsp3) is 0.211. The molecule has 0 N–H and O–H groups in total. The first-order valence-corrected chi connectivity index (χ1v) is 9.72. The van der Waals surface area contributed by atoms with E-state index < -0.39 is 0 Å². The van der Waals surface area contributed by atoms with Crippen molar-refractivity contribution in [2.45, 2.75) is 24.8 Å². The van der Waals surface area contributed by atoms with Crippen LogP contribution in [-0.2, 0) is 4.79 Å². The molecular weight excluding hydrogens is 360 g/mol. The van der Waals surface area contributed by atoms with Crippen molar-refractivity contribution in [1.82, 2.24) is 19.2 Å². The minimum atomic E-state index is -0.250. The van der Waals surface area contributed by atoms with Crippen molar-refractivity contribution in [2.75, 3.05) is 0 Å². The maximum absolute atomic E-state index is 12.2. The molecular formula is C19H14N6OS. The van der Waals surface area contributed by atoms with Crippen LogP contribution >= 0.6 is 11.3 Å². The Morgan fingerprint density at radius 3 is 3.04 bits per heavy atom. The monoisotopic (exact) mass is 374 g/mol. The number of thiazole rings is 1. The normalized spacial score (nSPS) is 21.5. The van der Waals surface area contributed by atoms with E-state index in [9.17, 15) is 4.79 Å². The third-order valence-corrected chi connectivity index (χ3v) is 5.83. The van der Waals surface area contributed by atoms with Crippen LogP contribution in [0, 0.1) is 0 Å². The highest BCUT2D eigenvalue weighted by atomic mass is 32.1. The molecule has 27 heavy (non-hydrogen) atoms. The Morgan fingerprint density at radius 1 is 1.22 bits per heavy atom. The lowest BCUT2D eigenvalue weighted by molar-refractivity contribution is -0.113. The van der Waals surface area contributed by atoms with Gasteiger partial charge in [0.15, 0.2) is 4.96 Å². The number of rotatable bonds is 3. The van der Waals surface area contributed by atoms with E-state index in [0.29, 0.717) is 17.3 Å². The summed E-state index contributed by atoms with van der Waals surface area (Å²) in [4.78, 5) is 25.9. The van der Waals surface area contributed by atoms with Gasteiger partial charge >= 0.3 is 0 Å². The van der Waals surface area contributed by atoms with Gasteiger partial charge in [0.05, 0.1) is 23.0 Å². The van der Waals surface area contributed by atoms with E-state index in [1.807, 2.05) is 40.7 Å². The lowest BCUT2D eigenvalue weighted by atomic mass is 9.91. The van der Waals surface area contributed by atoms with Gasteiger partial charge in [-0.05, 0) is 25.0 Å². The molecule has 0 saturated heterocycles. The van der Waals surface area contributed by atoms with Gasteiger partial charge < -0.3 is 0 Å². The predicted molar refractivity (Wildman–Crippen MR) is 103 cm³/mol. The summed E-state index contributed by atoms with van der Waals surface area (Å²) in [6, 6.07) is 2.55. The van der Waals surface area contributed by atoms with Crippen LogP contribution in [0.5, 0.6) is 0 Å². The Bertz CT molecular complexity index is 1220. The Hall–Kier alpha value is -3.13. The lowest BCUT2D eigenvalue weighted by Crippen LogP contribution is -2.18. The second-order valence-electron chi connectivity index (χ2n) is 6.84. The molecule has 0 bridgehead atoms. The van der Waals surface area contributed by atoms with Gasteiger partial charge in [-0.2, -0.15) is 10.1 Å². The molecule has 1 atom stereocenters. The Kier molecular flexibility index (Phi) is 3.01. The van der Waals surface area contributed by atoms with Crippen LogP contribution in [0.15, 0.2) is 57.6 Å². The molecule has 1 aliphatic heterocycles. The van der Waals surface area contributed by atoms with Crippen molar-refractivity contribution in [3.05, 3.63) is 53.3 Å². The number of allylic oxidation sites excluding steroid dienone is 3. The van der Waals surface area contributed by atoms with Crippen LogP contribution < -0.4 is 0 Å². The van der Waals surface area contributed by atoms with Gasteiger partial charge in [0.1, 0.15) is 17.7 Å². The van der Waals surface area contributed by atoms with Crippen molar-refractivity contribution in [3.63, 3.8) is 0 Å². The Morgan fingerprint density at radius 2 is 2.15 bits per heavy atom. The maximum atomic E-state index is 12.2. The molecule has 2 aliphatic carbocycles. The number of nitrogens with zero attached hydrogens (tertiary/aromatic N) is 6. The van der Waals surface area contributed by atoms with E-state index in [4.69, 9.17) is 10.1 Å². The Labute approximate surface area is 158 Å². The third-order valence-electron chi connectivity index (χ3n) is 5.07. The molecule has 1 fully saturated rings. The first-order chi connectivity index (χ1) is 13.3. The summed E-state index contributed by atoms with van der Waals surface area (Å²) in [5.74, 6) is -0.345. The molecule has 7 nitrogen and oxygen atoms in total. The predicted octanol–water partition coefficient (Wildman–Crippen LogP) is 3.18. The number of aromatic nitrogens is 4. The zero-order valence-corrected chi connectivity index (χ0v) is 15.0. The first-order valence-electron chi connectivity index (χ1n) is 8.84. The molecule has 3 aromatic rings. The summed E-state index contributed by atoms with van der Waals surface area (Å²) in [6.45, 7) is 0. The van der Waals surface area contributed by atoms with Crippen molar-refractivity contribution in [2.24, 2.45) is 9.98 Å². The Balaban J connectivity index is 1.51. The number of carbonyl (C=O) groups excluding carboxylic acids is 1. The fourth-order valence-corrected chi connectivity index (χ4v) is 4.32. The number of amides is 1. The zero-order chi connectivity index (χ0) is 18.0. The van der Waals surface area contributed by atoms with Gasteiger partial charge in [-0.3, -0.25) is 13.9 Å². The van der Waals surface area contributed by atoms with Crippen molar-refractivity contribution < 1.29 is 4.79 Å².